The first-order valence-electron chi connectivity index (χ1n) is 18.7. The van der Waals surface area contributed by atoms with Crippen molar-refractivity contribution in [2.24, 2.45) is 5.92 Å². The van der Waals surface area contributed by atoms with Gasteiger partial charge in [0.15, 0.2) is 11.5 Å². The van der Waals surface area contributed by atoms with Crippen molar-refractivity contribution in [3.05, 3.63) is 70.0 Å². The number of thiazole rings is 1. The van der Waals surface area contributed by atoms with Gasteiger partial charge in [-0.1, -0.05) is 64.1 Å². The Balaban J connectivity index is 1.32. The van der Waals surface area contributed by atoms with Gasteiger partial charge in [-0.15, -0.1) is 11.3 Å². The van der Waals surface area contributed by atoms with Crippen molar-refractivity contribution in [2.75, 3.05) is 40.0 Å². The first kappa shape index (κ1) is 40.9. The Morgan fingerprint density at radius 1 is 1.04 bits per heavy atom. The minimum atomic E-state index is -1.05. The predicted octanol–water partition coefficient (Wildman–Crippen LogP) is 4.64. The van der Waals surface area contributed by atoms with E-state index < -0.39 is 41.8 Å². The zero-order valence-corrected chi connectivity index (χ0v) is 33.5. The van der Waals surface area contributed by atoms with E-state index in [-0.39, 0.29) is 37.0 Å². The summed E-state index contributed by atoms with van der Waals surface area (Å²) < 4.78 is 16.6. The quantitative estimate of drug-likeness (QED) is 0.212. The van der Waals surface area contributed by atoms with E-state index in [2.05, 4.69) is 20.5 Å². The van der Waals surface area contributed by atoms with Crippen LogP contribution < -0.4 is 24.8 Å². The van der Waals surface area contributed by atoms with Crippen LogP contribution in [0.15, 0.2) is 53.9 Å². The molecule has 0 aliphatic carbocycles. The van der Waals surface area contributed by atoms with E-state index in [9.17, 15) is 19.5 Å². The zero-order chi connectivity index (χ0) is 39.2. The highest BCUT2D eigenvalue weighted by atomic mass is 32.1. The summed E-state index contributed by atoms with van der Waals surface area (Å²) in [4.78, 5) is 51.2. The molecule has 3 N–H and O–H groups in total. The van der Waals surface area contributed by atoms with Gasteiger partial charge < -0.3 is 30.0 Å². The third-order valence-corrected chi connectivity index (χ3v) is 10.6. The topological polar surface area (TPSA) is 146 Å². The molecule has 2 aliphatic heterocycles. The van der Waals surface area contributed by atoms with Crippen LogP contribution in [0.5, 0.6) is 17.4 Å². The van der Waals surface area contributed by atoms with Crippen LogP contribution in [0.4, 0.5) is 4.79 Å². The summed E-state index contributed by atoms with van der Waals surface area (Å²) in [5, 5.41) is 20.7. The smallest absolute Gasteiger partial charge is 0.417 e. The Morgan fingerprint density at radius 3 is 2.43 bits per heavy atom. The van der Waals surface area contributed by atoms with E-state index in [4.69, 9.17) is 14.2 Å². The van der Waals surface area contributed by atoms with Gasteiger partial charge in [0, 0.05) is 51.2 Å². The van der Waals surface area contributed by atoms with E-state index in [1.807, 2.05) is 102 Å². The van der Waals surface area contributed by atoms with Crippen LogP contribution in [-0.2, 0) is 22.6 Å². The van der Waals surface area contributed by atoms with E-state index >= 15 is 0 Å². The van der Waals surface area contributed by atoms with E-state index in [1.165, 1.54) is 23.3 Å². The number of fused-ring (bicyclic) bond motifs is 1. The molecule has 1 saturated heterocycles. The number of β-amino-alcohol motifs (C(OH)–C–C–N with tert-alkyl or cyclic N) is 1. The Labute approximate surface area is 323 Å². The lowest BCUT2D eigenvalue weighted by Gasteiger charge is -2.43. The summed E-state index contributed by atoms with van der Waals surface area (Å²) in [6, 6.07) is 13.4. The Morgan fingerprint density at radius 2 is 1.76 bits per heavy atom. The largest absolute Gasteiger partial charge is 0.454 e. The minimum absolute atomic E-state index is 0.130. The van der Waals surface area contributed by atoms with Crippen molar-refractivity contribution < 1.29 is 33.7 Å². The molecule has 5 rings (SSSR count). The predicted molar refractivity (Wildman–Crippen MR) is 208 cm³/mol. The molecule has 54 heavy (non-hydrogen) atoms. The molecule has 0 radical (unpaired) electrons. The van der Waals surface area contributed by atoms with Crippen molar-refractivity contribution in [1.29, 1.82) is 0 Å². The molecule has 1 fully saturated rings. The molecule has 4 atom stereocenters. The minimum Gasteiger partial charge on any atom is -0.454 e. The van der Waals surface area contributed by atoms with Gasteiger partial charge in [0.2, 0.25) is 24.5 Å². The van der Waals surface area contributed by atoms with Gasteiger partial charge in [-0.25, -0.2) is 9.78 Å². The van der Waals surface area contributed by atoms with Crippen molar-refractivity contribution in [3.63, 3.8) is 0 Å². The number of carbonyl (C=O) groups excluding carboxylic acids is 3. The van der Waals surface area contributed by atoms with Crippen LogP contribution >= 0.6 is 11.3 Å². The van der Waals surface area contributed by atoms with Crippen LogP contribution in [0.2, 0.25) is 0 Å². The molecule has 0 bridgehead atoms. The van der Waals surface area contributed by atoms with Crippen LogP contribution in [0.3, 0.4) is 0 Å². The highest BCUT2D eigenvalue weighted by molar-refractivity contribution is 7.09. The van der Waals surface area contributed by atoms with Gasteiger partial charge in [-0.2, -0.15) is 0 Å². The summed E-state index contributed by atoms with van der Waals surface area (Å²) in [7, 11) is 1.53. The van der Waals surface area contributed by atoms with E-state index in [0.717, 1.165) is 21.9 Å². The number of nitrogens with zero attached hydrogens (tertiary/aromatic N) is 4. The van der Waals surface area contributed by atoms with E-state index in [0.29, 0.717) is 38.3 Å². The number of piperazine rings is 1. The molecule has 2 aliphatic rings. The van der Waals surface area contributed by atoms with Crippen LogP contribution in [0.1, 0.15) is 70.5 Å². The van der Waals surface area contributed by atoms with Gasteiger partial charge in [0.25, 0.3) is 0 Å². The average molecular weight is 765 g/mol. The van der Waals surface area contributed by atoms with Crippen LogP contribution in [0.25, 0.3) is 0 Å². The van der Waals surface area contributed by atoms with Crippen molar-refractivity contribution >= 4 is 29.2 Å². The lowest BCUT2D eigenvalue weighted by atomic mass is 9.97. The number of amides is 3. The van der Waals surface area contributed by atoms with E-state index in [1.54, 1.807) is 5.38 Å². The molecule has 13 nitrogen and oxygen atoms in total. The lowest BCUT2D eigenvalue weighted by molar-refractivity contribution is -0.132. The number of hydrogen-bond acceptors (Lipinski definition) is 11. The maximum atomic E-state index is 14.1. The monoisotopic (exact) mass is 764 g/mol. The van der Waals surface area contributed by atoms with Gasteiger partial charge >= 0.3 is 6.09 Å². The molecular weight excluding hydrogens is 709 g/mol. The Hall–Kier alpha value is -4.24. The zero-order valence-electron chi connectivity index (χ0n) is 32.7. The molecule has 14 heteroatoms. The SMILES string of the molecule is CC(C)c1nc(OC(=O)N(C)[C@H](C(=O)N[C@@H](Cc2ccccc2)[C@H](O)CN2CCN(Cc3ccc4c(c3)OCO4)C[C@H]2C(=O)NC(C)(C)C)C(C)C)cs1. The second-order valence-electron chi connectivity index (χ2n) is 15.9. The third kappa shape index (κ3) is 10.9. The van der Waals surface area contributed by atoms with Gasteiger partial charge in [-0.05, 0) is 56.4 Å². The Bertz CT molecular complexity index is 1730. The number of likely N-dealkylation sites (N-methyl/N-ethyl adjacent to an activating group) is 1. The normalized spacial score (nSPS) is 17.9. The molecule has 0 unspecified atom stereocenters. The number of benzene rings is 2. The second-order valence-corrected chi connectivity index (χ2v) is 16.8. The van der Waals surface area contributed by atoms with Gasteiger partial charge in [-0.3, -0.25) is 24.3 Å². The molecule has 3 amide bonds. The molecule has 0 spiro atoms. The maximum absolute atomic E-state index is 14.1. The fourth-order valence-electron chi connectivity index (χ4n) is 6.81. The van der Waals surface area contributed by atoms with Crippen LogP contribution in [-0.4, -0.2) is 112 Å². The number of rotatable bonds is 14. The van der Waals surface area contributed by atoms with Crippen molar-refractivity contribution in [2.45, 2.75) is 97.1 Å². The number of hydrogen-bond donors (Lipinski definition) is 3. The first-order chi connectivity index (χ1) is 25.6. The molecule has 1 aromatic heterocycles. The molecular formula is C40H56N6O7S. The lowest BCUT2D eigenvalue weighted by Crippen LogP contribution is -2.63. The second kappa shape index (κ2) is 17.9. The summed E-state index contributed by atoms with van der Waals surface area (Å²) >= 11 is 1.41. The Kier molecular flexibility index (Phi) is 13.6. The van der Waals surface area contributed by atoms with Crippen molar-refractivity contribution in [1.82, 2.24) is 30.3 Å². The summed E-state index contributed by atoms with van der Waals surface area (Å²) in [6.07, 6.45) is -1.41. The van der Waals surface area contributed by atoms with Gasteiger partial charge in [0.1, 0.15) is 12.1 Å². The average Bonchev–Trinajstić information content (AvgIpc) is 3.78. The molecule has 2 aromatic carbocycles. The summed E-state index contributed by atoms with van der Waals surface area (Å²) in [6.45, 7) is 16.2. The number of carbonyl (C=O) groups is 3. The highest BCUT2D eigenvalue weighted by Crippen LogP contribution is 2.33. The fourth-order valence-corrected chi connectivity index (χ4v) is 7.55. The van der Waals surface area contributed by atoms with Crippen molar-refractivity contribution in [3.8, 4) is 17.4 Å². The number of aliphatic hydroxyl groups is 1. The van der Waals surface area contributed by atoms with Gasteiger partial charge in [0.05, 0.1) is 22.5 Å². The van der Waals surface area contributed by atoms with Crippen LogP contribution in [0, 0.1) is 5.92 Å². The number of ether oxygens (including phenoxy) is 3. The highest BCUT2D eigenvalue weighted by Gasteiger charge is 2.38. The number of aromatic nitrogens is 1. The summed E-state index contributed by atoms with van der Waals surface area (Å²) in [5.41, 5.74) is 1.52. The first-order valence-corrected chi connectivity index (χ1v) is 19.5. The number of nitrogens with one attached hydrogen (secondary N) is 2. The fraction of sp³-hybridized carbons (Fsp3) is 0.550. The molecule has 294 valence electrons. The molecule has 3 heterocycles. The maximum Gasteiger partial charge on any atom is 0.417 e. The molecule has 3 aromatic rings. The number of aliphatic hydroxyl groups excluding tert-OH is 1. The molecule has 0 saturated carbocycles. The summed E-state index contributed by atoms with van der Waals surface area (Å²) in [5.74, 6) is 1.000. The standard InChI is InChI=1S/C40H56N6O7S/c1-25(2)35(44(8)39(50)53-34-23-54-38(42-34)26(3)4)37(49)41-29(18-27-12-10-9-11-13-27)31(47)22-46-17-16-45(21-30(46)36(48)43-40(5,6)7)20-28-14-15-32-33(19-28)52-24-51-32/h9-15,19,23,25-26,29-31,35,47H,16-18,20-22,24H2,1-8H3,(H,41,49)(H,43,48)/t29-,30-,31+,35-/m0/s1. The third-order valence-electron chi connectivity index (χ3n) is 9.52.